The number of hydrogen-bond donors (Lipinski definition) is 3. The maximum atomic E-state index is 11.8. The van der Waals surface area contributed by atoms with Gasteiger partial charge in [0, 0.05) is 0 Å². The van der Waals surface area contributed by atoms with Gasteiger partial charge in [0.2, 0.25) is 0 Å². The minimum atomic E-state index is -4.44. The van der Waals surface area contributed by atoms with E-state index in [9.17, 15) is 18.6 Å². The average Bonchev–Trinajstić information content (AvgIpc) is 3.05. The van der Waals surface area contributed by atoms with Crippen molar-refractivity contribution in [1.29, 1.82) is 0 Å². The van der Waals surface area contributed by atoms with E-state index in [1.807, 2.05) is 0 Å². The molecule has 0 aliphatic heterocycles. The first-order valence-electron chi connectivity index (χ1n) is 13.3. The Morgan fingerprint density at radius 2 is 1.61 bits per heavy atom. The van der Waals surface area contributed by atoms with Gasteiger partial charge in [-0.3, -0.25) is 4.55 Å². The molecule has 0 radical (unpaired) electrons. The molecule has 4 saturated carbocycles. The highest BCUT2D eigenvalue weighted by Crippen LogP contribution is 2.69. The number of hydrogen-bond acceptors (Lipinski definition) is 5. The van der Waals surface area contributed by atoms with Crippen molar-refractivity contribution in [3.05, 3.63) is 0 Å². The summed E-state index contributed by atoms with van der Waals surface area (Å²) in [6.45, 7) is 11.0. The Labute approximate surface area is 200 Å². The fourth-order valence-corrected chi connectivity index (χ4v) is 10.4. The molecule has 192 valence electrons. The quantitative estimate of drug-likeness (QED) is 0.464. The van der Waals surface area contributed by atoms with Crippen molar-refractivity contribution < 1.29 is 27.4 Å². The van der Waals surface area contributed by atoms with Crippen molar-refractivity contribution in [2.45, 2.75) is 111 Å². The Hall–Kier alpha value is -0.210. The zero-order valence-corrected chi connectivity index (χ0v) is 21.9. The summed E-state index contributed by atoms with van der Waals surface area (Å²) in [4.78, 5) is 0. The fraction of sp³-hybridized carbons (Fsp3) is 1.00. The van der Waals surface area contributed by atoms with E-state index in [4.69, 9.17) is 8.74 Å². The van der Waals surface area contributed by atoms with Gasteiger partial charge in [0.25, 0.3) is 0 Å². The molecule has 0 amide bonds. The number of aliphatic hydroxyl groups is 2. The summed E-state index contributed by atoms with van der Waals surface area (Å²) in [5, 5.41) is 22.2. The Morgan fingerprint density at radius 1 is 0.970 bits per heavy atom. The number of aliphatic hydroxyl groups excluding tert-OH is 2. The van der Waals surface area contributed by atoms with Crippen LogP contribution in [0.4, 0.5) is 0 Å². The lowest BCUT2D eigenvalue weighted by Crippen LogP contribution is -2.62. The number of rotatable bonds is 6. The van der Waals surface area contributed by atoms with E-state index in [2.05, 4.69) is 27.7 Å². The molecule has 4 aliphatic rings. The van der Waals surface area contributed by atoms with Gasteiger partial charge in [-0.05, 0) is 111 Å². The van der Waals surface area contributed by atoms with Gasteiger partial charge in [0.1, 0.15) is 0 Å². The second-order valence-electron chi connectivity index (χ2n) is 12.7. The molecule has 0 bridgehead atoms. The monoisotopic (exact) mass is 486 g/mol. The molecule has 12 atom stereocenters. The Bertz CT molecular complexity index is 816. The summed E-state index contributed by atoms with van der Waals surface area (Å²) in [7, 11) is -4.44. The van der Waals surface area contributed by atoms with Gasteiger partial charge in [-0.15, -0.1) is 0 Å². The van der Waals surface area contributed by atoms with Crippen molar-refractivity contribution in [1.82, 2.24) is 0 Å². The van der Waals surface area contributed by atoms with Gasteiger partial charge < -0.3 is 10.2 Å². The van der Waals surface area contributed by atoms with Gasteiger partial charge >= 0.3 is 10.4 Å². The fourth-order valence-electron chi connectivity index (χ4n) is 9.87. The highest BCUT2D eigenvalue weighted by Gasteiger charge is 2.64. The first kappa shape index (κ1) is 25.9. The molecule has 33 heavy (non-hydrogen) atoms. The second kappa shape index (κ2) is 9.02. The van der Waals surface area contributed by atoms with Crippen LogP contribution in [-0.2, 0) is 14.6 Å². The largest absolute Gasteiger partial charge is 0.397 e. The second-order valence-corrected chi connectivity index (χ2v) is 13.7. The molecule has 3 N–H and O–H groups in total. The normalized spacial score (nSPS) is 49.6. The molecule has 4 rings (SSSR count). The molecule has 0 spiro atoms. The SMILES string of the molecule is CC[C@H]1[C@@H](O)C2C3CC[C@H]([C@H](C)C[C@H](C)OS(=O)(=O)O)[C@@]3(C)CCC2[C@@]2(C)CC[C@@H](O)C[C@@H]12. The summed E-state index contributed by atoms with van der Waals surface area (Å²) in [5.74, 6) is 2.71. The average molecular weight is 487 g/mol. The highest BCUT2D eigenvalue weighted by molar-refractivity contribution is 7.80. The molecular formula is C26H46O6S. The van der Waals surface area contributed by atoms with Gasteiger partial charge in [-0.1, -0.05) is 34.1 Å². The van der Waals surface area contributed by atoms with Crippen molar-refractivity contribution in [3.63, 3.8) is 0 Å². The summed E-state index contributed by atoms with van der Waals surface area (Å²) >= 11 is 0. The maximum Gasteiger partial charge on any atom is 0.397 e. The van der Waals surface area contributed by atoms with E-state index in [0.29, 0.717) is 36.0 Å². The van der Waals surface area contributed by atoms with Gasteiger partial charge in [-0.25, -0.2) is 4.18 Å². The van der Waals surface area contributed by atoms with Crippen LogP contribution >= 0.6 is 0 Å². The van der Waals surface area contributed by atoms with Crippen LogP contribution in [0.2, 0.25) is 0 Å². The minimum Gasteiger partial charge on any atom is -0.393 e. The van der Waals surface area contributed by atoms with Crippen molar-refractivity contribution in [2.75, 3.05) is 0 Å². The van der Waals surface area contributed by atoms with Crippen LogP contribution in [0, 0.1) is 52.3 Å². The first-order valence-corrected chi connectivity index (χ1v) is 14.7. The van der Waals surface area contributed by atoms with E-state index >= 15 is 0 Å². The van der Waals surface area contributed by atoms with Crippen LogP contribution in [0.25, 0.3) is 0 Å². The Balaban J connectivity index is 1.57. The van der Waals surface area contributed by atoms with Crippen molar-refractivity contribution >= 4 is 10.4 Å². The standard InChI is InChI=1S/C26H46O6S/c1-6-18-22-14-17(27)9-11-26(22,5)21-10-12-25(4)19(7-8-20(25)23(21)24(18)28)15(2)13-16(3)32-33(29,30)31/h15-24,27-28H,6-14H2,1-5H3,(H,29,30,31)/t15-,16+,17-,18-,19-,20?,21?,22+,23?,24-,25-,26-/m1/s1. The molecule has 4 aliphatic carbocycles. The summed E-state index contributed by atoms with van der Waals surface area (Å²) < 4.78 is 36.2. The van der Waals surface area contributed by atoms with E-state index in [0.717, 1.165) is 51.4 Å². The first-order chi connectivity index (χ1) is 15.3. The summed E-state index contributed by atoms with van der Waals surface area (Å²) in [6, 6.07) is 0. The molecule has 6 nitrogen and oxygen atoms in total. The molecule has 7 heteroatoms. The molecule has 0 heterocycles. The third-order valence-corrected chi connectivity index (χ3v) is 11.7. The predicted octanol–water partition coefficient (Wildman–Crippen LogP) is 4.85. The summed E-state index contributed by atoms with van der Waals surface area (Å²) in [6.07, 6.45) is 7.78. The molecule has 4 fully saturated rings. The number of fused-ring (bicyclic) bond motifs is 5. The molecule has 0 aromatic rings. The smallest absolute Gasteiger partial charge is 0.393 e. The minimum absolute atomic E-state index is 0.134. The van der Waals surface area contributed by atoms with E-state index in [1.54, 1.807) is 6.92 Å². The summed E-state index contributed by atoms with van der Waals surface area (Å²) in [5.41, 5.74) is 0.335. The van der Waals surface area contributed by atoms with E-state index in [-0.39, 0.29) is 34.9 Å². The third kappa shape index (κ3) is 4.43. The van der Waals surface area contributed by atoms with Crippen LogP contribution in [0.15, 0.2) is 0 Å². The van der Waals surface area contributed by atoms with Crippen LogP contribution in [0.3, 0.4) is 0 Å². The van der Waals surface area contributed by atoms with E-state index < -0.39 is 16.5 Å². The maximum absolute atomic E-state index is 11.8. The topological polar surface area (TPSA) is 104 Å². The van der Waals surface area contributed by atoms with E-state index in [1.165, 1.54) is 0 Å². The van der Waals surface area contributed by atoms with Gasteiger partial charge in [0.05, 0.1) is 18.3 Å². The van der Waals surface area contributed by atoms with Crippen molar-refractivity contribution in [3.8, 4) is 0 Å². The molecule has 0 saturated heterocycles. The van der Waals surface area contributed by atoms with Crippen LogP contribution in [-0.4, -0.2) is 41.5 Å². The predicted molar refractivity (Wildman–Crippen MR) is 128 cm³/mol. The van der Waals surface area contributed by atoms with Gasteiger partial charge in [0.15, 0.2) is 0 Å². The lowest BCUT2D eigenvalue weighted by atomic mass is 9.41. The lowest BCUT2D eigenvalue weighted by Gasteiger charge is -2.64. The lowest BCUT2D eigenvalue weighted by molar-refractivity contribution is -0.203. The Morgan fingerprint density at radius 3 is 2.24 bits per heavy atom. The van der Waals surface area contributed by atoms with Crippen LogP contribution < -0.4 is 0 Å². The van der Waals surface area contributed by atoms with Crippen molar-refractivity contribution in [2.24, 2.45) is 52.3 Å². The zero-order valence-electron chi connectivity index (χ0n) is 21.1. The zero-order chi connectivity index (χ0) is 24.3. The molecular weight excluding hydrogens is 440 g/mol. The molecule has 3 unspecified atom stereocenters. The highest BCUT2D eigenvalue weighted by atomic mass is 32.3. The third-order valence-electron chi connectivity index (χ3n) is 11.1. The van der Waals surface area contributed by atoms with Gasteiger partial charge in [-0.2, -0.15) is 8.42 Å². The molecule has 0 aromatic carbocycles. The Kier molecular flexibility index (Phi) is 7.07. The molecule has 0 aromatic heterocycles. The van der Waals surface area contributed by atoms with Crippen LogP contribution in [0.5, 0.6) is 0 Å². The van der Waals surface area contributed by atoms with Crippen LogP contribution in [0.1, 0.15) is 92.4 Å².